The van der Waals surface area contributed by atoms with E-state index < -0.39 is 5.41 Å². The smallest absolute Gasteiger partial charge is 0.312 e. The highest BCUT2D eigenvalue weighted by molar-refractivity contribution is 5.86. The van der Waals surface area contributed by atoms with Crippen LogP contribution in [0.15, 0.2) is 0 Å². The number of hydrogen-bond donors (Lipinski definition) is 0. The topological polar surface area (TPSA) is 52.6 Å². The van der Waals surface area contributed by atoms with E-state index in [0.717, 1.165) is 6.42 Å². The van der Waals surface area contributed by atoms with Crippen molar-refractivity contribution in [1.82, 2.24) is 0 Å². The predicted molar refractivity (Wildman–Crippen MR) is 44.9 cm³/mol. The zero-order valence-electron chi connectivity index (χ0n) is 8.12. The van der Waals surface area contributed by atoms with Crippen molar-refractivity contribution in [1.29, 1.82) is 0 Å². The fourth-order valence-corrected chi connectivity index (χ4v) is 1.62. The van der Waals surface area contributed by atoms with Gasteiger partial charge in [-0.2, -0.15) is 0 Å². The fourth-order valence-electron chi connectivity index (χ4n) is 1.62. The second-order valence-electron chi connectivity index (χ2n) is 3.51. The summed E-state index contributed by atoms with van der Waals surface area (Å²) >= 11 is 0. The number of rotatable bonds is 3. The fraction of sp³-hybridized carbons (Fsp3) is 0.778. The Kier molecular flexibility index (Phi) is 2.59. The van der Waals surface area contributed by atoms with E-state index in [9.17, 15) is 9.59 Å². The standard InChI is InChI=1S/C9H14O4/c1-6-4-9(6,8(11)13-3)5-7(10)12-2/h6H,4-5H2,1-3H3. The van der Waals surface area contributed by atoms with Crippen molar-refractivity contribution in [3.63, 3.8) is 0 Å². The highest BCUT2D eigenvalue weighted by atomic mass is 16.5. The van der Waals surface area contributed by atoms with Crippen LogP contribution in [0, 0.1) is 11.3 Å². The molecule has 0 aliphatic heterocycles. The lowest BCUT2D eigenvalue weighted by Crippen LogP contribution is -2.23. The number of ether oxygens (including phenoxy) is 2. The summed E-state index contributed by atoms with van der Waals surface area (Å²) in [7, 11) is 2.66. The molecule has 2 atom stereocenters. The summed E-state index contributed by atoms with van der Waals surface area (Å²) in [6, 6.07) is 0. The summed E-state index contributed by atoms with van der Waals surface area (Å²) in [5.41, 5.74) is -0.595. The van der Waals surface area contributed by atoms with Gasteiger partial charge in [-0.1, -0.05) is 6.92 Å². The van der Waals surface area contributed by atoms with Gasteiger partial charge in [0.25, 0.3) is 0 Å². The van der Waals surface area contributed by atoms with Crippen LogP contribution in [0.1, 0.15) is 19.8 Å². The zero-order chi connectivity index (χ0) is 10.1. The molecule has 0 N–H and O–H groups in total. The van der Waals surface area contributed by atoms with E-state index in [1.54, 1.807) is 0 Å². The highest BCUT2D eigenvalue weighted by Gasteiger charge is 2.59. The minimum absolute atomic E-state index is 0.136. The molecular weight excluding hydrogens is 172 g/mol. The van der Waals surface area contributed by atoms with Crippen molar-refractivity contribution in [2.24, 2.45) is 11.3 Å². The van der Waals surface area contributed by atoms with Gasteiger partial charge in [0.15, 0.2) is 0 Å². The molecule has 0 spiro atoms. The van der Waals surface area contributed by atoms with Crippen LogP contribution < -0.4 is 0 Å². The van der Waals surface area contributed by atoms with Gasteiger partial charge < -0.3 is 9.47 Å². The molecule has 4 nitrogen and oxygen atoms in total. The van der Waals surface area contributed by atoms with Crippen LogP contribution in [0.3, 0.4) is 0 Å². The van der Waals surface area contributed by atoms with E-state index in [1.165, 1.54) is 14.2 Å². The molecule has 1 rings (SSSR count). The number of esters is 2. The molecule has 0 radical (unpaired) electrons. The van der Waals surface area contributed by atoms with Crippen LogP contribution in [0.25, 0.3) is 0 Å². The minimum Gasteiger partial charge on any atom is -0.469 e. The molecule has 13 heavy (non-hydrogen) atoms. The van der Waals surface area contributed by atoms with Crippen molar-refractivity contribution >= 4 is 11.9 Å². The number of methoxy groups -OCH3 is 2. The summed E-state index contributed by atoms with van der Waals surface area (Å²) in [4.78, 5) is 22.3. The number of carbonyl (C=O) groups is 2. The van der Waals surface area contributed by atoms with Crippen LogP contribution in [0.2, 0.25) is 0 Å². The van der Waals surface area contributed by atoms with E-state index in [-0.39, 0.29) is 24.3 Å². The molecule has 4 heteroatoms. The molecule has 1 aliphatic carbocycles. The molecule has 0 amide bonds. The van der Waals surface area contributed by atoms with Gasteiger partial charge in [-0.3, -0.25) is 9.59 Å². The van der Waals surface area contributed by atoms with E-state index in [1.807, 2.05) is 6.92 Å². The molecule has 1 fully saturated rings. The van der Waals surface area contributed by atoms with Crippen LogP contribution in [0.4, 0.5) is 0 Å². The number of hydrogen-bond acceptors (Lipinski definition) is 4. The van der Waals surface area contributed by atoms with Crippen molar-refractivity contribution in [2.75, 3.05) is 14.2 Å². The Labute approximate surface area is 77.2 Å². The largest absolute Gasteiger partial charge is 0.469 e. The molecule has 1 saturated carbocycles. The highest BCUT2D eigenvalue weighted by Crippen LogP contribution is 2.55. The Morgan fingerprint density at radius 1 is 1.38 bits per heavy atom. The molecule has 0 aromatic heterocycles. The van der Waals surface area contributed by atoms with Gasteiger partial charge in [-0.15, -0.1) is 0 Å². The van der Waals surface area contributed by atoms with E-state index in [0.29, 0.717) is 0 Å². The van der Waals surface area contributed by atoms with Crippen LogP contribution >= 0.6 is 0 Å². The van der Waals surface area contributed by atoms with Gasteiger partial charge in [0, 0.05) is 0 Å². The second kappa shape index (κ2) is 3.36. The SMILES string of the molecule is COC(=O)CC1(C(=O)OC)CC1C. The maximum Gasteiger partial charge on any atom is 0.312 e. The van der Waals surface area contributed by atoms with E-state index in [2.05, 4.69) is 9.47 Å². The maximum atomic E-state index is 11.3. The van der Waals surface area contributed by atoms with Crippen LogP contribution in [-0.2, 0) is 19.1 Å². The Morgan fingerprint density at radius 3 is 2.23 bits per heavy atom. The lowest BCUT2D eigenvalue weighted by molar-refractivity contribution is -0.154. The zero-order valence-corrected chi connectivity index (χ0v) is 8.12. The average molecular weight is 186 g/mol. The summed E-state index contributed by atoms with van der Waals surface area (Å²) in [5, 5.41) is 0. The van der Waals surface area contributed by atoms with Crippen molar-refractivity contribution in [3.05, 3.63) is 0 Å². The molecule has 2 unspecified atom stereocenters. The molecular formula is C9H14O4. The molecule has 0 aromatic carbocycles. The quantitative estimate of drug-likeness (QED) is 0.610. The van der Waals surface area contributed by atoms with Crippen LogP contribution in [-0.4, -0.2) is 26.2 Å². The Morgan fingerprint density at radius 2 is 1.92 bits per heavy atom. The third kappa shape index (κ3) is 1.66. The minimum atomic E-state index is -0.595. The Balaban J connectivity index is 2.62. The first kappa shape index (κ1) is 10.0. The van der Waals surface area contributed by atoms with Gasteiger partial charge in [-0.25, -0.2) is 0 Å². The van der Waals surface area contributed by atoms with Crippen molar-refractivity contribution < 1.29 is 19.1 Å². The summed E-state index contributed by atoms with van der Waals surface area (Å²) < 4.78 is 9.17. The van der Waals surface area contributed by atoms with Gasteiger partial charge in [0.05, 0.1) is 26.1 Å². The van der Waals surface area contributed by atoms with Crippen molar-refractivity contribution in [3.8, 4) is 0 Å². The molecule has 74 valence electrons. The third-order valence-corrected chi connectivity index (χ3v) is 2.73. The normalized spacial score (nSPS) is 30.8. The molecule has 0 aromatic rings. The monoisotopic (exact) mass is 186 g/mol. The Bertz CT molecular complexity index is 236. The lowest BCUT2D eigenvalue weighted by atomic mass is 10.00. The lowest BCUT2D eigenvalue weighted by Gasteiger charge is -2.11. The summed E-state index contributed by atoms with van der Waals surface area (Å²) in [6.07, 6.45) is 0.853. The maximum absolute atomic E-state index is 11.3. The molecule has 1 aliphatic rings. The summed E-state index contributed by atoms with van der Waals surface area (Å²) in [5.74, 6) is -0.431. The van der Waals surface area contributed by atoms with Gasteiger partial charge in [-0.05, 0) is 12.3 Å². The van der Waals surface area contributed by atoms with E-state index in [4.69, 9.17) is 0 Å². The Hall–Kier alpha value is -1.06. The molecule has 0 heterocycles. The predicted octanol–water partition coefficient (Wildman–Crippen LogP) is 0.749. The van der Waals surface area contributed by atoms with Crippen molar-refractivity contribution in [2.45, 2.75) is 19.8 Å². The van der Waals surface area contributed by atoms with Gasteiger partial charge in [0.1, 0.15) is 0 Å². The molecule has 0 bridgehead atoms. The first-order valence-electron chi connectivity index (χ1n) is 4.22. The van der Waals surface area contributed by atoms with Gasteiger partial charge >= 0.3 is 11.9 Å². The van der Waals surface area contributed by atoms with E-state index >= 15 is 0 Å². The first-order chi connectivity index (χ1) is 6.06. The average Bonchev–Trinajstić information content (AvgIpc) is 2.76. The number of carbonyl (C=O) groups excluding carboxylic acids is 2. The first-order valence-corrected chi connectivity index (χ1v) is 4.22. The third-order valence-electron chi connectivity index (χ3n) is 2.73. The molecule has 0 saturated heterocycles. The second-order valence-corrected chi connectivity index (χ2v) is 3.51. The van der Waals surface area contributed by atoms with Gasteiger partial charge in [0.2, 0.25) is 0 Å². The van der Waals surface area contributed by atoms with Crippen LogP contribution in [0.5, 0.6) is 0 Å². The summed E-state index contributed by atoms with van der Waals surface area (Å²) in [6.45, 7) is 1.93.